The zero-order valence-corrected chi connectivity index (χ0v) is 17.7. The molecule has 7 nitrogen and oxygen atoms in total. The molecular formula is C22H17Cl2N5O2. The topological polar surface area (TPSA) is 79.1 Å². The lowest BCUT2D eigenvalue weighted by atomic mass is 9.94. The van der Waals surface area contributed by atoms with E-state index in [1.807, 2.05) is 47.1 Å². The molecule has 0 saturated heterocycles. The SMILES string of the molecule is Cl.Cl.O=C1NC(=O)C(c2cnc3ccccn23)=C1C1=NC=CN2CCc3cccc1c32. The van der Waals surface area contributed by atoms with E-state index in [1.165, 1.54) is 5.56 Å². The first-order valence-corrected chi connectivity index (χ1v) is 9.38. The maximum atomic E-state index is 12.9. The number of amides is 2. The molecule has 6 rings (SSSR count). The molecule has 0 fully saturated rings. The van der Waals surface area contributed by atoms with Crippen LogP contribution in [0.15, 0.2) is 71.8 Å². The molecule has 5 heterocycles. The minimum absolute atomic E-state index is 0. The summed E-state index contributed by atoms with van der Waals surface area (Å²) in [6.45, 7) is 0.871. The van der Waals surface area contributed by atoms with Gasteiger partial charge >= 0.3 is 0 Å². The number of benzene rings is 1. The van der Waals surface area contributed by atoms with Crippen LogP contribution in [0.4, 0.5) is 5.69 Å². The van der Waals surface area contributed by atoms with Crippen LogP contribution in [-0.4, -0.2) is 33.5 Å². The van der Waals surface area contributed by atoms with Crippen molar-refractivity contribution in [2.45, 2.75) is 6.42 Å². The van der Waals surface area contributed by atoms with Gasteiger partial charge in [-0.05, 0) is 24.1 Å². The van der Waals surface area contributed by atoms with Crippen molar-refractivity contribution in [3.63, 3.8) is 0 Å². The Morgan fingerprint density at radius 1 is 0.968 bits per heavy atom. The van der Waals surface area contributed by atoms with Crippen molar-refractivity contribution in [3.05, 3.63) is 83.6 Å². The van der Waals surface area contributed by atoms with Crippen LogP contribution in [0.2, 0.25) is 0 Å². The number of halogens is 2. The summed E-state index contributed by atoms with van der Waals surface area (Å²) in [5.41, 5.74) is 5.48. The molecule has 3 aromatic rings. The molecule has 0 bridgehead atoms. The van der Waals surface area contributed by atoms with Gasteiger partial charge in [-0.15, -0.1) is 24.8 Å². The number of para-hydroxylation sites is 1. The van der Waals surface area contributed by atoms with Crippen LogP contribution in [0.1, 0.15) is 16.8 Å². The van der Waals surface area contributed by atoms with Gasteiger partial charge < -0.3 is 4.90 Å². The Morgan fingerprint density at radius 3 is 2.68 bits per heavy atom. The predicted molar refractivity (Wildman–Crippen MR) is 123 cm³/mol. The number of carbonyl (C=O) groups is 2. The fraction of sp³-hybridized carbons (Fsp3) is 0.0909. The number of imidazole rings is 1. The Hall–Kier alpha value is -3.42. The number of aromatic nitrogens is 2. The highest BCUT2D eigenvalue weighted by molar-refractivity contribution is 6.47. The zero-order chi connectivity index (χ0) is 19.5. The molecule has 1 aromatic carbocycles. The van der Waals surface area contributed by atoms with E-state index in [2.05, 4.69) is 26.3 Å². The van der Waals surface area contributed by atoms with E-state index in [9.17, 15) is 9.59 Å². The molecule has 0 spiro atoms. The van der Waals surface area contributed by atoms with Crippen molar-refractivity contribution >= 4 is 59.2 Å². The molecule has 1 N–H and O–H groups in total. The van der Waals surface area contributed by atoms with Crippen LogP contribution in [0.25, 0.3) is 11.2 Å². The number of nitrogens with zero attached hydrogens (tertiary/aromatic N) is 4. The smallest absolute Gasteiger partial charge is 0.261 e. The average molecular weight is 454 g/mol. The van der Waals surface area contributed by atoms with Crippen LogP contribution in [0, 0.1) is 0 Å². The number of hydrogen-bond donors (Lipinski definition) is 1. The third kappa shape index (κ3) is 2.97. The molecular weight excluding hydrogens is 437 g/mol. The maximum Gasteiger partial charge on any atom is 0.261 e. The summed E-state index contributed by atoms with van der Waals surface area (Å²) >= 11 is 0. The van der Waals surface area contributed by atoms with Crippen molar-refractivity contribution in [2.24, 2.45) is 4.99 Å². The Bertz CT molecular complexity index is 1340. The second kappa shape index (κ2) is 7.68. The summed E-state index contributed by atoms with van der Waals surface area (Å²) in [5.74, 6) is -0.872. The lowest BCUT2D eigenvalue weighted by molar-refractivity contribution is -0.123. The van der Waals surface area contributed by atoms with E-state index in [0.717, 1.165) is 24.2 Å². The number of imide groups is 1. The lowest BCUT2D eigenvalue weighted by Crippen LogP contribution is -2.25. The van der Waals surface area contributed by atoms with Crippen molar-refractivity contribution < 1.29 is 9.59 Å². The first-order chi connectivity index (χ1) is 14.2. The Morgan fingerprint density at radius 2 is 1.81 bits per heavy atom. The monoisotopic (exact) mass is 453 g/mol. The third-order valence-corrected chi connectivity index (χ3v) is 5.58. The van der Waals surface area contributed by atoms with Gasteiger partial charge in [0.25, 0.3) is 11.8 Å². The van der Waals surface area contributed by atoms with Crippen LogP contribution < -0.4 is 10.2 Å². The largest absolute Gasteiger partial charge is 0.345 e. The van der Waals surface area contributed by atoms with E-state index in [0.29, 0.717) is 22.6 Å². The lowest BCUT2D eigenvalue weighted by Gasteiger charge is -2.17. The van der Waals surface area contributed by atoms with Crippen LogP contribution in [0.5, 0.6) is 0 Å². The number of aliphatic imine (C=N–C) groups is 1. The predicted octanol–water partition coefficient (Wildman–Crippen LogP) is 2.92. The van der Waals surface area contributed by atoms with Gasteiger partial charge in [0.15, 0.2) is 0 Å². The van der Waals surface area contributed by atoms with E-state index < -0.39 is 11.8 Å². The molecule has 0 aliphatic carbocycles. The van der Waals surface area contributed by atoms with Crippen molar-refractivity contribution in [1.82, 2.24) is 14.7 Å². The van der Waals surface area contributed by atoms with Crippen molar-refractivity contribution in [3.8, 4) is 0 Å². The maximum absolute atomic E-state index is 12.9. The number of rotatable bonds is 2. The van der Waals surface area contributed by atoms with E-state index in [-0.39, 0.29) is 30.4 Å². The number of hydrogen-bond acceptors (Lipinski definition) is 5. The Labute approximate surface area is 190 Å². The number of carbonyl (C=O) groups excluding carboxylic acids is 2. The van der Waals surface area contributed by atoms with E-state index in [4.69, 9.17) is 0 Å². The molecule has 2 aromatic heterocycles. The van der Waals surface area contributed by atoms with E-state index >= 15 is 0 Å². The fourth-order valence-corrected chi connectivity index (χ4v) is 4.33. The molecule has 0 saturated carbocycles. The minimum atomic E-state index is -0.438. The summed E-state index contributed by atoms with van der Waals surface area (Å²) in [7, 11) is 0. The Kier molecular flexibility index (Phi) is 5.16. The second-order valence-electron chi connectivity index (χ2n) is 7.14. The molecule has 2 amide bonds. The van der Waals surface area contributed by atoms with Gasteiger partial charge in [0.2, 0.25) is 0 Å². The van der Waals surface area contributed by atoms with Crippen LogP contribution in [0.3, 0.4) is 0 Å². The van der Waals surface area contributed by atoms with Gasteiger partial charge in [-0.3, -0.25) is 24.3 Å². The summed E-state index contributed by atoms with van der Waals surface area (Å²) in [6.07, 6.45) is 8.00. The van der Waals surface area contributed by atoms with Gasteiger partial charge in [0.05, 0.1) is 34.4 Å². The molecule has 0 radical (unpaired) electrons. The van der Waals surface area contributed by atoms with Gasteiger partial charge in [-0.2, -0.15) is 0 Å². The third-order valence-electron chi connectivity index (χ3n) is 5.58. The Balaban J connectivity index is 0.00000116. The number of fused-ring (bicyclic) bond motifs is 1. The summed E-state index contributed by atoms with van der Waals surface area (Å²) < 4.78 is 1.81. The number of anilines is 1. The summed E-state index contributed by atoms with van der Waals surface area (Å²) in [6, 6.07) is 11.6. The van der Waals surface area contributed by atoms with Gasteiger partial charge in [0.1, 0.15) is 5.65 Å². The first-order valence-electron chi connectivity index (χ1n) is 9.38. The average Bonchev–Trinajstić information content (AvgIpc) is 3.37. The van der Waals surface area contributed by atoms with Crippen LogP contribution >= 0.6 is 24.8 Å². The molecule has 31 heavy (non-hydrogen) atoms. The highest BCUT2D eigenvalue weighted by Crippen LogP contribution is 2.37. The van der Waals surface area contributed by atoms with Gasteiger partial charge in [-0.1, -0.05) is 24.3 Å². The zero-order valence-electron chi connectivity index (χ0n) is 16.1. The van der Waals surface area contributed by atoms with Gasteiger partial charge in [-0.25, -0.2) is 4.98 Å². The first kappa shape index (κ1) is 20.8. The number of nitrogens with one attached hydrogen (secondary N) is 1. The summed E-state index contributed by atoms with van der Waals surface area (Å²) in [5, 5.41) is 2.45. The standard InChI is InChI=1S/C22H15N5O2.2ClH/c28-21-17(15-12-24-16-6-1-2-9-27(15)16)18(22(29)25-21)19-14-5-3-4-13-7-10-26(20(13)14)11-8-23-19;;/h1-6,8-9,11-12H,7,10H2,(H,25,28,29);2*1H. The summed E-state index contributed by atoms with van der Waals surface area (Å²) in [4.78, 5) is 36.8. The van der Waals surface area contributed by atoms with Gasteiger partial charge in [0, 0.05) is 30.7 Å². The molecule has 3 aliphatic rings. The van der Waals surface area contributed by atoms with Crippen LogP contribution in [-0.2, 0) is 16.0 Å². The minimum Gasteiger partial charge on any atom is -0.345 e. The van der Waals surface area contributed by atoms with Crippen molar-refractivity contribution in [1.29, 1.82) is 0 Å². The highest BCUT2D eigenvalue weighted by Gasteiger charge is 2.38. The molecule has 156 valence electrons. The molecule has 0 unspecified atom stereocenters. The molecule has 0 atom stereocenters. The van der Waals surface area contributed by atoms with E-state index in [1.54, 1.807) is 12.4 Å². The second-order valence-corrected chi connectivity index (χ2v) is 7.14. The highest BCUT2D eigenvalue weighted by atomic mass is 35.5. The quantitative estimate of drug-likeness (QED) is 0.604. The number of pyridine rings is 1. The fourth-order valence-electron chi connectivity index (χ4n) is 4.33. The molecule has 9 heteroatoms. The van der Waals surface area contributed by atoms with Crippen molar-refractivity contribution in [2.75, 3.05) is 11.4 Å². The molecule has 3 aliphatic heterocycles. The normalized spacial score (nSPS) is 16.5.